The van der Waals surface area contributed by atoms with Gasteiger partial charge in [-0.15, -0.1) is 0 Å². The second-order valence-electron chi connectivity index (χ2n) is 17.8. The van der Waals surface area contributed by atoms with Gasteiger partial charge in [-0.1, -0.05) is 207 Å². The fraction of sp³-hybridized carbons (Fsp3) is 0.125. The molecular formula is C48H38B6N2. The van der Waals surface area contributed by atoms with Gasteiger partial charge in [0.2, 0.25) is 40.3 Å². The summed E-state index contributed by atoms with van der Waals surface area (Å²) >= 11 is 0. The van der Waals surface area contributed by atoms with E-state index in [4.69, 9.17) is 0 Å². The summed E-state index contributed by atoms with van der Waals surface area (Å²) in [6.45, 7) is 15.8. The molecule has 8 heteroatoms. The molecule has 0 aliphatic carbocycles. The zero-order valence-corrected chi connectivity index (χ0v) is 32.9. The summed E-state index contributed by atoms with van der Waals surface area (Å²) in [7, 11) is 0. The third-order valence-electron chi connectivity index (χ3n) is 15.1. The van der Waals surface area contributed by atoms with Crippen LogP contribution in [0.5, 0.6) is 0 Å². The molecule has 0 atom stereocenters. The zero-order chi connectivity index (χ0) is 37.5. The van der Waals surface area contributed by atoms with Gasteiger partial charge in [-0.25, -0.2) is 0 Å². The largest absolute Gasteiger partial charge is 0.313 e. The Hall–Kier alpha value is -5.47. The van der Waals surface area contributed by atoms with Gasteiger partial charge in [-0.05, 0) is 43.0 Å². The number of aryl methyl sites for hydroxylation is 2. The van der Waals surface area contributed by atoms with Gasteiger partial charge in [0.25, 0.3) is 0 Å². The van der Waals surface area contributed by atoms with E-state index in [1.165, 1.54) is 122 Å². The minimum Gasteiger partial charge on any atom is -0.313 e. The van der Waals surface area contributed by atoms with E-state index in [0.717, 1.165) is 0 Å². The van der Waals surface area contributed by atoms with E-state index >= 15 is 0 Å². The number of rotatable bonds is 0. The molecule has 0 aromatic heterocycles. The van der Waals surface area contributed by atoms with Crippen LogP contribution in [0.3, 0.4) is 0 Å². The highest BCUT2D eigenvalue weighted by Gasteiger charge is 2.51. The molecule has 0 radical (unpaired) electrons. The summed E-state index contributed by atoms with van der Waals surface area (Å²) < 4.78 is 0. The van der Waals surface area contributed by atoms with E-state index in [0.29, 0.717) is 26.9 Å². The first-order chi connectivity index (χ1) is 27.3. The van der Waals surface area contributed by atoms with Crippen molar-refractivity contribution in [2.75, 3.05) is 9.80 Å². The van der Waals surface area contributed by atoms with Gasteiger partial charge >= 0.3 is 0 Å². The molecule has 0 spiro atoms. The molecule has 0 saturated carbocycles. The molecule has 2 nitrogen and oxygen atoms in total. The van der Waals surface area contributed by atoms with Gasteiger partial charge in [-0.2, -0.15) is 0 Å². The highest BCUT2D eigenvalue weighted by Crippen LogP contribution is 2.43. The van der Waals surface area contributed by atoms with Crippen molar-refractivity contribution in [3.05, 3.63) is 132 Å². The lowest BCUT2D eigenvalue weighted by Gasteiger charge is -2.49. The van der Waals surface area contributed by atoms with Gasteiger partial charge in [0.05, 0.1) is 0 Å². The van der Waals surface area contributed by atoms with Crippen molar-refractivity contribution in [1.82, 2.24) is 0 Å². The van der Waals surface area contributed by atoms with Crippen LogP contribution in [-0.4, -0.2) is 40.3 Å². The lowest BCUT2D eigenvalue weighted by molar-refractivity contribution is 1.26. The molecule has 13 rings (SSSR count). The summed E-state index contributed by atoms with van der Waals surface area (Å²) in [4.78, 5) is 5.39. The first-order valence-corrected chi connectivity index (χ1v) is 20.8. The summed E-state index contributed by atoms with van der Waals surface area (Å²) in [5.74, 6) is 0. The van der Waals surface area contributed by atoms with Gasteiger partial charge < -0.3 is 9.80 Å². The SMILES string of the molecule is CB1c2ccccc2B2c3cc4c(cc3N3c5ccc(C)cc5B(C)c5ccc1c2c53)N1c2ccc(C)cc2B(C)c2ccc3c(c21)B4c1ccccc1B3C. The van der Waals surface area contributed by atoms with Crippen molar-refractivity contribution in [3.63, 3.8) is 0 Å². The van der Waals surface area contributed by atoms with Crippen LogP contribution < -0.4 is 86.3 Å². The molecule has 6 heterocycles. The van der Waals surface area contributed by atoms with E-state index in [-0.39, 0.29) is 13.4 Å². The fourth-order valence-electron chi connectivity index (χ4n) is 12.5. The van der Waals surface area contributed by atoms with Crippen LogP contribution >= 0.6 is 0 Å². The number of fused-ring (bicyclic) bond motifs is 14. The Balaban J connectivity index is 1.19. The van der Waals surface area contributed by atoms with Crippen molar-refractivity contribution in [1.29, 1.82) is 0 Å². The van der Waals surface area contributed by atoms with Crippen LogP contribution in [0.1, 0.15) is 11.1 Å². The molecule has 0 unspecified atom stereocenters. The monoisotopic (exact) mass is 708 g/mol. The number of benzene rings is 7. The maximum atomic E-state index is 2.70. The highest BCUT2D eigenvalue weighted by molar-refractivity contribution is 7.12. The average Bonchev–Trinajstić information content (AvgIpc) is 3.22. The molecule has 0 bridgehead atoms. The van der Waals surface area contributed by atoms with Crippen LogP contribution in [0.2, 0.25) is 27.3 Å². The maximum absolute atomic E-state index is 2.70. The van der Waals surface area contributed by atoms with Crippen LogP contribution in [0.4, 0.5) is 34.1 Å². The fourth-order valence-corrected chi connectivity index (χ4v) is 12.5. The Morgan fingerprint density at radius 2 is 0.714 bits per heavy atom. The Morgan fingerprint density at radius 1 is 0.321 bits per heavy atom. The molecule has 0 N–H and O–H groups in total. The Kier molecular flexibility index (Phi) is 6.04. The molecule has 0 saturated heterocycles. The first kappa shape index (κ1) is 31.7. The lowest BCUT2D eigenvalue weighted by atomic mass is 9.19. The summed E-state index contributed by atoms with van der Waals surface area (Å²) in [6, 6.07) is 48.3. The molecule has 0 fully saturated rings. The van der Waals surface area contributed by atoms with Crippen LogP contribution in [0, 0.1) is 13.8 Å². The zero-order valence-electron chi connectivity index (χ0n) is 32.9. The first-order valence-electron chi connectivity index (χ1n) is 20.8. The predicted octanol–water partition coefficient (Wildman–Crippen LogP) is 1.11. The Bertz CT molecular complexity index is 2780. The molecule has 7 aromatic rings. The van der Waals surface area contributed by atoms with Crippen LogP contribution in [-0.2, 0) is 0 Å². The molecule has 7 aromatic carbocycles. The molecule has 258 valence electrons. The smallest absolute Gasteiger partial charge is 0.245 e. The van der Waals surface area contributed by atoms with Crippen LogP contribution in [0.15, 0.2) is 121 Å². The minimum atomic E-state index is 0.157. The van der Waals surface area contributed by atoms with Crippen molar-refractivity contribution in [2.24, 2.45) is 0 Å². The van der Waals surface area contributed by atoms with Crippen molar-refractivity contribution in [2.45, 2.75) is 41.1 Å². The molecule has 56 heavy (non-hydrogen) atoms. The lowest BCUT2D eigenvalue weighted by Crippen LogP contribution is -2.77. The van der Waals surface area contributed by atoms with Crippen molar-refractivity contribution in [3.8, 4) is 0 Å². The topological polar surface area (TPSA) is 6.48 Å². The van der Waals surface area contributed by atoms with Gasteiger partial charge in [0.1, 0.15) is 0 Å². The normalized spacial score (nSPS) is 15.4. The van der Waals surface area contributed by atoms with E-state index in [1.54, 1.807) is 0 Å². The van der Waals surface area contributed by atoms with E-state index in [2.05, 4.69) is 172 Å². The Morgan fingerprint density at radius 3 is 1.16 bits per heavy atom. The summed E-state index contributed by atoms with van der Waals surface area (Å²) in [5, 5.41) is 0. The predicted molar refractivity (Wildman–Crippen MR) is 251 cm³/mol. The Labute approximate surface area is 332 Å². The van der Waals surface area contributed by atoms with Crippen molar-refractivity contribution >= 4 is 151 Å². The summed E-state index contributed by atoms with van der Waals surface area (Å²) in [6.07, 6.45) is 0. The number of nitrogens with zero attached hydrogens (tertiary/aromatic N) is 2. The van der Waals surface area contributed by atoms with E-state index in [9.17, 15) is 0 Å². The molecular weight excluding hydrogens is 669 g/mol. The van der Waals surface area contributed by atoms with Crippen LogP contribution in [0.25, 0.3) is 0 Å². The average molecular weight is 708 g/mol. The number of anilines is 6. The quantitative estimate of drug-likeness (QED) is 0.218. The highest BCUT2D eigenvalue weighted by atomic mass is 15.2. The van der Waals surface area contributed by atoms with E-state index in [1.807, 2.05) is 0 Å². The summed E-state index contributed by atoms with van der Waals surface area (Å²) in [5.41, 5.74) is 31.2. The minimum absolute atomic E-state index is 0.157. The van der Waals surface area contributed by atoms with Gasteiger partial charge in [-0.3, -0.25) is 0 Å². The number of hydrogen-bond donors (Lipinski definition) is 0. The van der Waals surface area contributed by atoms with Crippen molar-refractivity contribution < 1.29 is 0 Å². The van der Waals surface area contributed by atoms with Gasteiger partial charge in [0.15, 0.2) is 0 Å². The standard InChI is InChI=1S/C48H38B6N2/c1-27-15-21-41-37(23-27)51(5)35-19-17-33-45-47(35)55(41)43-26-44-40(25-39(43)53(45)31-13-9-7-11-29(31)49(33)3)54-32-14-10-8-12-30(32)50(4)34-18-20-36-48(46(34)54)56(44)42-22-16-28(2)24-38(42)52(36)6/h7-26H,1-6H3. The third-order valence-corrected chi connectivity index (χ3v) is 15.1. The number of hydrogen-bond acceptors (Lipinski definition) is 2. The maximum Gasteiger partial charge on any atom is 0.245 e. The molecule has 6 aliphatic heterocycles. The third kappa shape index (κ3) is 3.68. The molecule has 0 amide bonds. The van der Waals surface area contributed by atoms with Gasteiger partial charge in [0, 0.05) is 34.1 Å². The second kappa shape index (κ2) is 10.7. The second-order valence-corrected chi connectivity index (χ2v) is 17.8. The van der Waals surface area contributed by atoms with E-state index < -0.39 is 0 Å². The molecule has 6 aliphatic rings.